The van der Waals surface area contributed by atoms with E-state index in [1.165, 1.54) is 10.9 Å². The summed E-state index contributed by atoms with van der Waals surface area (Å²) >= 11 is 11.4. The van der Waals surface area contributed by atoms with E-state index in [2.05, 4.69) is 10.2 Å². The van der Waals surface area contributed by atoms with Crippen molar-refractivity contribution in [2.45, 2.75) is 20.0 Å². The number of aromatic nitrogens is 4. The van der Waals surface area contributed by atoms with Gasteiger partial charge in [0.1, 0.15) is 5.02 Å². The molecule has 0 saturated carbocycles. The minimum Gasteiger partial charge on any atom is -0.273 e. The Labute approximate surface area is 108 Å². The molecule has 0 N–H and O–H groups in total. The smallest absolute Gasteiger partial charge is 0.273 e. The summed E-state index contributed by atoms with van der Waals surface area (Å²) in [6, 6.07) is 0. The number of hydrogen-bond acceptors (Lipinski definition) is 3. The van der Waals surface area contributed by atoms with Crippen molar-refractivity contribution in [1.82, 2.24) is 19.6 Å². The third kappa shape index (κ3) is 2.50. The molecule has 0 saturated heterocycles. The van der Waals surface area contributed by atoms with Gasteiger partial charge in [-0.05, 0) is 6.92 Å². The van der Waals surface area contributed by atoms with Crippen LogP contribution in [0.15, 0.2) is 23.4 Å². The highest BCUT2D eigenvalue weighted by atomic mass is 35.5. The van der Waals surface area contributed by atoms with Gasteiger partial charge < -0.3 is 0 Å². The first-order chi connectivity index (χ1) is 8.11. The van der Waals surface area contributed by atoms with Crippen molar-refractivity contribution >= 4 is 23.2 Å². The summed E-state index contributed by atoms with van der Waals surface area (Å²) in [6.45, 7) is 3.10. The molecule has 2 heterocycles. The fraction of sp³-hybridized carbons (Fsp3) is 0.300. The lowest BCUT2D eigenvalue weighted by Crippen LogP contribution is -2.23. The fourth-order valence-electron chi connectivity index (χ4n) is 1.39. The van der Waals surface area contributed by atoms with Gasteiger partial charge in [-0.25, -0.2) is 4.68 Å². The van der Waals surface area contributed by atoms with Gasteiger partial charge in [-0.2, -0.15) is 10.2 Å². The Morgan fingerprint density at radius 3 is 2.71 bits per heavy atom. The van der Waals surface area contributed by atoms with Crippen LogP contribution in [0.25, 0.3) is 0 Å². The molecule has 2 aromatic rings. The van der Waals surface area contributed by atoms with Crippen molar-refractivity contribution in [3.63, 3.8) is 0 Å². The molecule has 0 unspecified atom stereocenters. The highest BCUT2D eigenvalue weighted by Gasteiger charge is 2.08. The average molecular weight is 273 g/mol. The first-order valence-electron chi connectivity index (χ1n) is 5.04. The molecule has 2 aromatic heterocycles. The van der Waals surface area contributed by atoms with Crippen molar-refractivity contribution < 1.29 is 0 Å². The second-order valence-electron chi connectivity index (χ2n) is 3.47. The largest absolute Gasteiger partial charge is 0.287 e. The van der Waals surface area contributed by atoms with Gasteiger partial charge in [-0.1, -0.05) is 23.2 Å². The quantitative estimate of drug-likeness (QED) is 0.857. The normalized spacial score (nSPS) is 10.8. The van der Waals surface area contributed by atoms with Crippen LogP contribution < -0.4 is 5.56 Å². The third-order valence-corrected chi connectivity index (χ3v) is 3.03. The van der Waals surface area contributed by atoms with Gasteiger partial charge in [0.05, 0.1) is 24.0 Å². The highest BCUT2D eigenvalue weighted by Crippen LogP contribution is 2.14. The van der Waals surface area contributed by atoms with Crippen LogP contribution in [-0.4, -0.2) is 19.6 Å². The van der Waals surface area contributed by atoms with Crippen LogP contribution in [0.1, 0.15) is 12.5 Å². The molecule has 5 nitrogen and oxygen atoms in total. The lowest BCUT2D eigenvalue weighted by Gasteiger charge is -2.03. The summed E-state index contributed by atoms with van der Waals surface area (Å²) in [5.41, 5.74) is 0.489. The maximum atomic E-state index is 11.7. The summed E-state index contributed by atoms with van der Waals surface area (Å²) in [5.74, 6) is 0. The van der Waals surface area contributed by atoms with Crippen LogP contribution in [0.5, 0.6) is 0 Å². The Morgan fingerprint density at radius 2 is 2.06 bits per heavy atom. The number of hydrogen-bond donors (Lipinski definition) is 0. The van der Waals surface area contributed by atoms with E-state index < -0.39 is 5.56 Å². The zero-order valence-corrected chi connectivity index (χ0v) is 10.6. The predicted octanol–water partition coefficient (Wildman–Crippen LogP) is 1.81. The van der Waals surface area contributed by atoms with Crippen LogP contribution in [0.3, 0.4) is 0 Å². The Kier molecular flexibility index (Phi) is 3.49. The molecule has 0 radical (unpaired) electrons. The highest BCUT2D eigenvalue weighted by molar-refractivity contribution is 6.41. The standard InChI is InChI=1S/C10H10Cl2N4O/c1-2-15-5-7(3-13-15)6-16-10(17)9(12)8(11)4-14-16/h3-5H,2,6H2,1H3. The van der Waals surface area contributed by atoms with Crippen LogP contribution in [-0.2, 0) is 13.1 Å². The van der Waals surface area contributed by atoms with Gasteiger partial charge in [0.2, 0.25) is 0 Å². The predicted molar refractivity (Wildman–Crippen MR) is 65.5 cm³/mol. The Balaban J connectivity index is 2.30. The molecule has 0 aliphatic rings. The molecule has 90 valence electrons. The zero-order chi connectivity index (χ0) is 12.4. The van der Waals surface area contributed by atoms with E-state index in [0.717, 1.165) is 12.1 Å². The van der Waals surface area contributed by atoms with Gasteiger partial charge in [0.15, 0.2) is 0 Å². The molecule has 0 aliphatic carbocycles. The van der Waals surface area contributed by atoms with Gasteiger partial charge in [-0.15, -0.1) is 0 Å². The van der Waals surface area contributed by atoms with Gasteiger partial charge in [0.25, 0.3) is 5.56 Å². The zero-order valence-electron chi connectivity index (χ0n) is 9.10. The number of nitrogens with zero attached hydrogens (tertiary/aromatic N) is 4. The van der Waals surface area contributed by atoms with E-state index in [4.69, 9.17) is 23.2 Å². The molecule has 0 aliphatic heterocycles. The fourth-order valence-corrected chi connectivity index (χ4v) is 1.66. The molecule has 7 heteroatoms. The Bertz CT molecular complexity index is 590. The first kappa shape index (κ1) is 12.1. The summed E-state index contributed by atoms with van der Waals surface area (Å²) in [5, 5.41) is 8.19. The first-order valence-corrected chi connectivity index (χ1v) is 5.80. The van der Waals surface area contributed by atoms with E-state index in [0.29, 0.717) is 6.54 Å². The van der Waals surface area contributed by atoms with E-state index in [9.17, 15) is 4.79 Å². The third-order valence-electron chi connectivity index (χ3n) is 2.29. The number of rotatable bonds is 3. The molecule has 0 bridgehead atoms. The molecule has 0 amide bonds. The summed E-state index contributed by atoms with van der Waals surface area (Å²) in [6.07, 6.45) is 4.91. The molecule has 17 heavy (non-hydrogen) atoms. The average Bonchev–Trinajstić information content (AvgIpc) is 2.78. The van der Waals surface area contributed by atoms with E-state index >= 15 is 0 Å². The van der Waals surface area contributed by atoms with Crippen LogP contribution >= 0.6 is 23.2 Å². The molecule has 0 spiro atoms. The van der Waals surface area contributed by atoms with E-state index in [1.807, 2.05) is 13.1 Å². The van der Waals surface area contributed by atoms with Crippen molar-refractivity contribution in [1.29, 1.82) is 0 Å². The second-order valence-corrected chi connectivity index (χ2v) is 4.26. The van der Waals surface area contributed by atoms with Crippen molar-refractivity contribution in [2.75, 3.05) is 0 Å². The molecule has 2 rings (SSSR count). The summed E-state index contributed by atoms with van der Waals surface area (Å²) in [4.78, 5) is 11.7. The van der Waals surface area contributed by atoms with Crippen LogP contribution in [0.4, 0.5) is 0 Å². The lowest BCUT2D eigenvalue weighted by molar-refractivity contribution is 0.634. The maximum Gasteiger partial charge on any atom is 0.287 e. The second kappa shape index (κ2) is 4.89. The van der Waals surface area contributed by atoms with E-state index in [-0.39, 0.29) is 10.0 Å². The SMILES string of the molecule is CCn1cc(Cn2ncc(Cl)c(Cl)c2=O)cn1. The van der Waals surface area contributed by atoms with Crippen molar-refractivity contribution in [3.05, 3.63) is 44.6 Å². The topological polar surface area (TPSA) is 52.7 Å². The molecular formula is C10H10Cl2N4O. The minimum atomic E-state index is -0.400. The lowest BCUT2D eigenvalue weighted by atomic mass is 10.3. The molecule has 0 aromatic carbocycles. The number of aryl methyl sites for hydroxylation is 1. The maximum absolute atomic E-state index is 11.7. The Hall–Kier alpha value is -1.33. The van der Waals surface area contributed by atoms with Crippen molar-refractivity contribution in [3.8, 4) is 0 Å². The monoisotopic (exact) mass is 272 g/mol. The molecule has 0 fully saturated rings. The summed E-state index contributed by atoms with van der Waals surface area (Å²) in [7, 11) is 0. The molecular weight excluding hydrogens is 263 g/mol. The van der Waals surface area contributed by atoms with Gasteiger partial charge in [0, 0.05) is 18.3 Å². The number of halogens is 2. The van der Waals surface area contributed by atoms with Crippen LogP contribution in [0.2, 0.25) is 10.0 Å². The van der Waals surface area contributed by atoms with Gasteiger partial charge >= 0.3 is 0 Å². The molecule has 0 atom stereocenters. The minimum absolute atomic E-state index is 0.00968. The Morgan fingerprint density at radius 1 is 1.29 bits per heavy atom. The summed E-state index contributed by atoms with van der Waals surface area (Å²) < 4.78 is 3.03. The van der Waals surface area contributed by atoms with E-state index in [1.54, 1.807) is 10.9 Å². The van der Waals surface area contributed by atoms with Crippen molar-refractivity contribution in [2.24, 2.45) is 0 Å². The van der Waals surface area contributed by atoms with Gasteiger partial charge in [-0.3, -0.25) is 9.48 Å². The van der Waals surface area contributed by atoms with Crippen LogP contribution in [0, 0.1) is 0 Å².